The predicted octanol–water partition coefficient (Wildman–Crippen LogP) is 2.75. The highest BCUT2D eigenvalue weighted by Crippen LogP contribution is 2.27. The van der Waals surface area contributed by atoms with Gasteiger partial charge in [0.25, 0.3) is 11.8 Å². The molecule has 0 aliphatic heterocycles. The van der Waals surface area contributed by atoms with E-state index in [1.54, 1.807) is 18.2 Å². The summed E-state index contributed by atoms with van der Waals surface area (Å²) < 4.78 is 16.5. The van der Waals surface area contributed by atoms with E-state index in [0.29, 0.717) is 23.7 Å². The van der Waals surface area contributed by atoms with Gasteiger partial charge in [-0.15, -0.1) is 0 Å². The summed E-state index contributed by atoms with van der Waals surface area (Å²) in [5.74, 6) is 0.792. The maximum absolute atomic E-state index is 12.2. The van der Waals surface area contributed by atoms with Crippen LogP contribution in [0.5, 0.6) is 17.2 Å². The molecule has 2 aromatic rings. The molecule has 0 aromatic heterocycles. The van der Waals surface area contributed by atoms with E-state index in [2.05, 4.69) is 31.8 Å². The zero-order chi connectivity index (χ0) is 21.2. The highest BCUT2D eigenvalue weighted by atomic mass is 79.9. The van der Waals surface area contributed by atoms with Crippen molar-refractivity contribution < 1.29 is 23.8 Å². The molecule has 0 unspecified atom stereocenters. The van der Waals surface area contributed by atoms with Crippen LogP contribution >= 0.6 is 15.9 Å². The van der Waals surface area contributed by atoms with Crippen molar-refractivity contribution in [3.63, 3.8) is 0 Å². The Kier molecular flexibility index (Phi) is 8.47. The number of carbonyl (C=O) groups excluding carboxylic acids is 2. The van der Waals surface area contributed by atoms with Crippen LogP contribution in [0.15, 0.2) is 46.0 Å². The van der Waals surface area contributed by atoms with Gasteiger partial charge in [0.05, 0.1) is 38.1 Å². The van der Waals surface area contributed by atoms with E-state index in [4.69, 9.17) is 14.2 Å². The molecule has 0 spiro atoms. The fraction of sp³-hybridized carbons (Fsp3) is 0.250. The van der Waals surface area contributed by atoms with Crippen LogP contribution in [0.1, 0.15) is 22.8 Å². The summed E-state index contributed by atoms with van der Waals surface area (Å²) in [6.07, 6.45) is 1.49. The topological polar surface area (TPSA) is 98.2 Å². The number of ether oxygens (including phenoxy) is 3. The standard InChI is InChI=1S/C20H22BrN3O5/c1-4-29-16-7-5-13(9-15(16)21)11-23-24-19(25)12-22-20(26)14-6-8-17(27-2)18(10-14)28-3/h5-11H,4,12H2,1-3H3,(H,22,26)(H,24,25)/b23-11-. The molecule has 0 aliphatic rings. The lowest BCUT2D eigenvalue weighted by Crippen LogP contribution is -2.34. The van der Waals surface area contributed by atoms with E-state index in [9.17, 15) is 9.59 Å². The Morgan fingerprint density at radius 3 is 2.45 bits per heavy atom. The van der Waals surface area contributed by atoms with Gasteiger partial charge in [-0.2, -0.15) is 5.10 Å². The van der Waals surface area contributed by atoms with Crippen LogP contribution in [0.25, 0.3) is 0 Å². The third-order valence-corrected chi connectivity index (χ3v) is 4.33. The number of halogens is 1. The third kappa shape index (κ3) is 6.49. The average Bonchev–Trinajstić information content (AvgIpc) is 2.73. The molecule has 29 heavy (non-hydrogen) atoms. The van der Waals surface area contributed by atoms with Crippen LogP contribution < -0.4 is 25.0 Å². The molecule has 9 heteroatoms. The third-order valence-electron chi connectivity index (χ3n) is 3.71. The van der Waals surface area contributed by atoms with Crippen molar-refractivity contribution in [3.8, 4) is 17.2 Å². The zero-order valence-electron chi connectivity index (χ0n) is 16.3. The fourth-order valence-corrected chi connectivity index (χ4v) is 2.84. The molecule has 0 bridgehead atoms. The number of hydrogen-bond donors (Lipinski definition) is 2. The number of methoxy groups -OCH3 is 2. The monoisotopic (exact) mass is 463 g/mol. The Balaban J connectivity index is 1.86. The van der Waals surface area contributed by atoms with E-state index in [1.165, 1.54) is 26.5 Å². The molecule has 2 aromatic carbocycles. The molecule has 0 atom stereocenters. The van der Waals surface area contributed by atoms with E-state index in [1.807, 2.05) is 19.1 Å². The normalized spacial score (nSPS) is 10.5. The summed E-state index contributed by atoms with van der Waals surface area (Å²) >= 11 is 3.41. The zero-order valence-corrected chi connectivity index (χ0v) is 17.9. The molecule has 0 saturated carbocycles. The first-order chi connectivity index (χ1) is 14.0. The highest BCUT2D eigenvalue weighted by Gasteiger charge is 2.11. The Morgan fingerprint density at radius 1 is 1.07 bits per heavy atom. The number of hydrogen-bond acceptors (Lipinski definition) is 6. The lowest BCUT2D eigenvalue weighted by Gasteiger charge is -2.09. The largest absolute Gasteiger partial charge is 0.493 e. The number of rotatable bonds is 9. The quantitative estimate of drug-likeness (QED) is 0.440. The minimum atomic E-state index is -0.458. The smallest absolute Gasteiger partial charge is 0.259 e. The predicted molar refractivity (Wildman–Crippen MR) is 113 cm³/mol. The average molecular weight is 464 g/mol. The Labute approximate surface area is 177 Å². The molecule has 2 amide bonds. The van der Waals surface area contributed by atoms with Crippen molar-refractivity contribution in [2.75, 3.05) is 27.4 Å². The summed E-state index contributed by atoms with van der Waals surface area (Å²) in [4.78, 5) is 24.1. The van der Waals surface area contributed by atoms with Crippen molar-refractivity contribution in [3.05, 3.63) is 52.0 Å². The minimum Gasteiger partial charge on any atom is -0.493 e. The number of benzene rings is 2. The molecule has 0 heterocycles. The molecule has 0 saturated heterocycles. The minimum absolute atomic E-state index is 0.225. The van der Waals surface area contributed by atoms with Gasteiger partial charge in [0.1, 0.15) is 5.75 Å². The molecular weight excluding hydrogens is 442 g/mol. The summed E-state index contributed by atoms with van der Waals surface area (Å²) in [5, 5.41) is 6.41. The fourth-order valence-electron chi connectivity index (χ4n) is 2.33. The number of nitrogens with zero attached hydrogens (tertiary/aromatic N) is 1. The first kappa shape index (κ1) is 22.2. The van der Waals surface area contributed by atoms with E-state index in [-0.39, 0.29) is 6.54 Å². The van der Waals surface area contributed by atoms with Gasteiger partial charge in [0.2, 0.25) is 0 Å². The second-order valence-electron chi connectivity index (χ2n) is 5.67. The Morgan fingerprint density at radius 2 is 1.79 bits per heavy atom. The SMILES string of the molecule is CCOc1ccc(/C=N\NC(=O)CNC(=O)c2ccc(OC)c(OC)c2)cc1Br. The first-order valence-corrected chi connectivity index (χ1v) is 9.52. The van der Waals surface area contributed by atoms with Gasteiger partial charge in [-0.25, -0.2) is 5.43 Å². The van der Waals surface area contributed by atoms with Gasteiger partial charge in [0.15, 0.2) is 11.5 Å². The molecule has 2 N–H and O–H groups in total. The second kappa shape index (κ2) is 11.1. The molecular formula is C20H22BrN3O5. The van der Waals surface area contributed by atoms with Crippen LogP contribution in [-0.4, -0.2) is 45.4 Å². The molecule has 154 valence electrons. The second-order valence-corrected chi connectivity index (χ2v) is 6.52. The maximum atomic E-state index is 12.2. The summed E-state index contributed by atoms with van der Waals surface area (Å²) in [5.41, 5.74) is 3.48. The van der Waals surface area contributed by atoms with Crippen molar-refractivity contribution >= 4 is 34.0 Å². The number of hydrazone groups is 1. The molecule has 2 rings (SSSR count). The van der Waals surface area contributed by atoms with Gasteiger partial charge in [-0.3, -0.25) is 9.59 Å². The molecule has 8 nitrogen and oxygen atoms in total. The first-order valence-electron chi connectivity index (χ1n) is 8.73. The highest BCUT2D eigenvalue weighted by molar-refractivity contribution is 9.10. The van der Waals surface area contributed by atoms with Crippen LogP contribution in [0.4, 0.5) is 0 Å². The van der Waals surface area contributed by atoms with Crippen molar-refractivity contribution in [2.45, 2.75) is 6.92 Å². The van der Waals surface area contributed by atoms with E-state index < -0.39 is 11.8 Å². The maximum Gasteiger partial charge on any atom is 0.259 e. The van der Waals surface area contributed by atoms with E-state index in [0.717, 1.165) is 15.8 Å². The van der Waals surface area contributed by atoms with Crippen molar-refractivity contribution in [2.24, 2.45) is 5.10 Å². The number of carbonyl (C=O) groups is 2. The lowest BCUT2D eigenvalue weighted by molar-refractivity contribution is -0.120. The van der Waals surface area contributed by atoms with Gasteiger partial charge < -0.3 is 19.5 Å². The molecule has 0 fully saturated rings. The molecule has 0 aliphatic carbocycles. The van der Waals surface area contributed by atoms with Crippen LogP contribution in [-0.2, 0) is 4.79 Å². The van der Waals surface area contributed by atoms with Crippen LogP contribution in [0, 0.1) is 0 Å². The van der Waals surface area contributed by atoms with Crippen LogP contribution in [0.3, 0.4) is 0 Å². The lowest BCUT2D eigenvalue weighted by atomic mass is 10.2. The van der Waals surface area contributed by atoms with Crippen LogP contribution in [0.2, 0.25) is 0 Å². The van der Waals surface area contributed by atoms with E-state index >= 15 is 0 Å². The van der Waals surface area contributed by atoms with Gasteiger partial charge >= 0.3 is 0 Å². The van der Waals surface area contributed by atoms with Gasteiger partial charge in [-0.1, -0.05) is 0 Å². The Bertz CT molecular complexity index is 902. The summed E-state index contributed by atoms with van der Waals surface area (Å²) in [7, 11) is 2.99. The number of amides is 2. The summed E-state index contributed by atoms with van der Waals surface area (Å²) in [6, 6.07) is 10.2. The van der Waals surface area contributed by atoms with Crippen molar-refractivity contribution in [1.29, 1.82) is 0 Å². The Hall–Kier alpha value is -3.07. The van der Waals surface area contributed by atoms with Crippen molar-refractivity contribution in [1.82, 2.24) is 10.7 Å². The number of nitrogens with one attached hydrogen (secondary N) is 2. The van der Waals surface area contributed by atoms with Gasteiger partial charge in [0, 0.05) is 5.56 Å². The summed E-state index contributed by atoms with van der Waals surface area (Å²) in [6.45, 7) is 2.25. The molecule has 0 radical (unpaired) electrons. The van der Waals surface area contributed by atoms with Gasteiger partial charge in [-0.05, 0) is 64.8 Å².